The van der Waals surface area contributed by atoms with Crippen LogP contribution in [0.4, 0.5) is 4.79 Å². The summed E-state index contributed by atoms with van der Waals surface area (Å²) >= 11 is 5.99. The number of benzene rings is 1. The highest BCUT2D eigenvalue weighted by Crippen LogP contribution is 2.50. The van der Waals surface area contributed by atoms with Crippen molar-refractivity contribution in [3.8, 4) is 0 Å². The van der Waals surface area contributed by atoms with Crippen molar-refractivity contribution in [1.29, 1.82) is 0 Å². The van der Waals surface area contributed by atoms with Crippen molar-refractivity contribution in [1.82, 2.24) is 14.1 Å². The Hall–Kier alpha value is -1.88. The third-order valence-corrected chi connectivity index (χ3v) is 9.58. The van der Waals surface area contributed by atoms with Crippen LogP contribution in [-0.4, -0.2) is 91.6 Å². The van der Waals surface area contributed by atoms with Crippen molar-refractivity contribution in [2.45, 2.75) is 55.2 Å². The van der Waals surface area contributed by atoms with Gasteiger partial charge >= 0.3 is 6.09 Å². The van der Waals surface area contributed by atoms with E-state index < -0.39 is 27.8 Å². The molecule has 2 amide bonds. The van der Waals surface area contributed by atoms with E-state index in [2.05, 4.69) is 0 Å². The van der Waals surface area contributed by atoms with Gasteiger partial charge in [-0.3, -0.25) is 4.79 Å². The Morgan fingerprint density at radius 1 is 1.03 bits per heavy atom. The fourth-order valence-electron chi connectivity index (χ4n) is 5.03. The summed E-state index contributed by atoms with van der Waals surface area (Å²) in [6, 6.07) is 5.32. The minimum Gasteiger partial charge on any atom is -0.441 e. The Balaban J connectivity index is 1.38. The van der Waals surface area contributed by atoms with E-state index in [4.69, 9.17) is 21.1 Å². The molecule has 4 aliphatic rings. The van der Waals surface area contributed by atoms with Gasteiger partial charge in [0.1, 0.15) is 5.60 Å². The van der Waals surface area contributed by atoms with E-state index in [1.807, 2.05) is 0 Å². The van der Waals surface area contributed by atoms with E-state index in [0.717, 1.165) is 12.8 Å². The Bertz CT molecular complexity index is 1050. The molecule has 2 heterocycles. The van der Waals surface area contributed by atoms with Crippen LogP contribution in [0, 0.1) is 5.92 Å². The van der Waals surface area contributed by atoms with Crippen LogP contribution in [-0.2, 0) is 24.3 Å². The molecule has 2 aliphatic carbocycles. The molecular weight excluding hydrogens is 482 g/mol. The zero-order chi connectivity index (χ0) is 24.1. The topological polar surface area (TPSA) is 96.5 Å². The number of rotatable bonds is 5. The van der Waals surface area contributed by atoms with Crippen LogP contribution >= 0.6 is 11.6 Å². The van der Waals surface area contributed by atoms with Crippen LogP contribution in [0.2, 0.25) is 5.02 Å². The zero-order valence-corrected chi connectivity index (χ0v) is 20.8. The summed E-state index contributed by atoms with van der Waals surface area (Å²) < 4.78 is 41.2. The van der Waals surface area contributed by atoms with Crippen molar-refractivity contribution in [3.63, 3.8) is 0 Å². The Kier molecular flexibility index (Phi) is 6.29. The fraction of sp³-hybridized carbons (Fsp3) is 0.652. The monoisotopic (exact) mass is 511 g/mol. The summed E-state index contributed by atoms with van der Waals surface area (Å²) in [6.45, 7) is 3.75. The summed E-state index contributed by atoms with van der Waals surface area (Å²) in [5.74, 6) is 0.233. The molecule has 9 nitrogen and oxygen atoms in total. The molecule has 186 valence electrons. The van der Waals surface area contributed by atoms with Crippen LogP contribution in [0.1, 0.15) is 32.6 Å². The maximum atomic E-state index is 13.9. The molecule has 0 radical (unpaired) electrons. The number of halogens is 1. The third-order valence-electron chi connectivity index (χ3n) is 7.38. The molecule has 0 spiro atoms. The predicted molar refractivity (Wildman–Crippen MR) is 124 cm³/mol. The molecule has 0 unspecified atom stereocenters. The summed E-state index contributed by atoms with van der Waals surface area (Å²) in [5, 5.41) is 0.466. The number of morpholine rings is 1. The first kappa shape index (κ1) is 23.8. The smallest absolute Gasteiger partial charge is 0.410 e. The number of amides is 2. The SMILES string of the molecule is CC(=O)N1CCN(C(=O)OC2([C@H]3COC[C@@H](C4CC4)N3S(=O)(=O)c3ccc(Cl)cc3)CC2)CC1. The standard InChI is InChI=1S/C23H30ClN3O6S/c1-16(28)25-10-12-26(13-11-25)22(29)33-23(8-9-23)21-15-32-14-20(17-2-3-17)27(21)34(30,31)19-6-4-18(24)5-7-19/h4-7,17,20-21H,2-3,8-15H2,1H3/t20-,21+/m0/s1. The number of piperazine rings is 1. The fourth-order valence-corrected chi connectivity index (χ4v) is 7.06. The van der Waals surface area contributed by atoms with Gasteiger partial charge in [-0.25, -0.2) is 13.2 Å². The largest absolute Gasteiger partial charge is 0.441 e. The molecule has 5 rings (SSSR count). The molecule has 1 aromatic carbocycles. The van der Waals surface area contributed by atoms with Crippen molar-refractivity contribution < 1.29 is 27.5 Å². The highest BCUT2D eigenvalue weighted by molar-refractivity contribution is 7.89. The highest BCUT2D eigenvalue weighted by atomic mass is 35.5. The van der Waals surface area contributed by atoms with Crippen molar-refractivity contribution >= 4 is 33.6 Å². The third kappa shape index (κ3) is 4.53. The minimum atomic E-state index is -3.86. The quantitative estimate of drug-likeness (QED) is 0.602. The number of hydrogen-bond donors (Lipinski definition) is 0. The van der Waals surface area contributed by atoms with Crippen molar-refractivity contribution in [2.75, 3.05) is 39.4 Å². The van der Waals surface area contributed by atoms with Gasteiger partial charge < -0.3 is 19.3 Å². The van der Waals surface area contributed by atoms with Gasteiger partial charge in [0.15, 0.2) is 0 Å². The molecule has 0 N–H and O–H groups in total. The molecule has 11 heteroatoms. The first-order valence-corrected chi connectivity index (χ1v) is 13.6. The van der Waals surface area contributed by atoms with E-state index in [1.54, 1.807) is 26.2 Å². The van der Waals surface area contributed by atoms with E-state index in [-0.39, 0.29) is 29.4 Å². The molecule has 2 atom stereocenters. The average Bonchev–Trinajstić information content (AvgIpc) is 3.74. The van der Waals surface area contributed by atoms with E-state index in [1.165, 1.54) is 19.1 Å². The van der Waals surface area contributed by atoms with Gasteiger partial charge in [0.25, 0.3) is 0 Å². The van der Waals surface area contributed by atoms with Gasteiger partial charge in [-0.1, -0.05) is 11.6 Å². The first-order valence-electron chi connectivity index (χ1n) is 11.8. The number of ether oxygens (including phenoxy) is 2. The molecule has 2 saturated carbocycles. The van der Waals surface area contributed by atoms with E-state index in [0.29, 0.717) is 50.7 Å². The Morgan fingerprint density at radius 3 is 2.21 bits per heavy atom. The number of sulfonamides is 1. The Morgan fingerprint density at radius 2 is 1.65 bits per heavy atom. The zero-order valence-electron chi connectivity index (χ0n) is 19.2. The number of nitrogens with zero attached hydrogens (tertiary/aromatic N) is 3. The van der Waals surface area contributed by atoms with Crippen molar-refractivity contribution in [3.05, 3.63) is 29.3 Å². The lowest BCUT2D eigenvalue weighted by atomic mass is 10.0. The Labute approximate surface area is 205 Å². The molecule has 2 saturated heterocycles. The van der Waals surface area contributed by atoms with Crippen LogP contribution in [0.5, 0.6) is 0 Å². The predicted octanol–water partition coefficient (Wildman–Crippen LogP) is 2.34. The first-order chi connectivity index (χ1) is 16.2. The second kappa shape index (κ2) is 8.96. The van der Waals surface area contributed by atoms with Gasteiger partial charge in [0, 0.05) is 38.1 Å². The van der Waals surface area contributed by atoms with E-state index >= 15 is 0 Å². The lowest BCUT2D eigenvalue weighted by molar-refractivity contribution is -0.130. The summed E-state index contributed by atoms with van der Waals surface area (Å²) in [6.07, 6.45) is 2.63. The lowest BCUT2D eigenvalue weighted by Crippen LogP contribution is -2.62. The van der Waals surface area contributed by atoms with Gasteiger partial charge in [-0.15, -0.1) is 0 Å². The number of hydrogen-bond acceptors (Lipinski definition) is 6. The second-order valence-corrected chi connectivity index (χ2v) is 12.0. The second-order valence-electron chi connectivity index (χ2n) is 9.67. The average molecular weight is 512 g/mol. The lowest BCUT2D eigenvalue weighted by Gasteiger charge is -2.44. The highest BCUT2D eigenvalue weighted by Gasteiger charge is 2.61. The van der Waals surface area contributed by atoms with Crippen molar-refractivity contribution in [2.24, 2.45) is 5.92 Å². The number of carbonyl (C=O) groups is 2. The van der Waals surface area contributed by atoms with Crippen LogP contribution in [0.25, 0.3) is 0 Å². The van der Waals surface area contributed by atoms with Gasteiger partial charge in [-0.05, 0) is 55.9 Å². The maximum Gasteiger partial charge on any atom is 0.410 e. The summed E-state index contributed by atoms with van der Waals surface area (Å²) in [5.41, 5.74) is -0.901. The molecule has 4 fully saturated rings. The van der Waals surface area contributed by atoms with Crippen LogP contribution in [0.3, 0.4) is 0 Å². The van der Waals surface area contributed by atoms with Crippen LogP contribution in [0.15, 0.2) is 29.2 Å². The minimum absolute atomic E-state index is 0.0137. The van der Waals surface area contributed by atoms with Gasteiger partial charge in [0.2, 0.25) is 15.9 Å². The number of carbonyl (C=O) groups excluding carboxylic acids is 2. The molecular formula is C23H30ClN3O6S. The molecule has 1 aromatic rings. The normalized spacial score (nSPS) is 27.4. The molecule has 0 bridgehead atoms. The van der Waals surface area contributed by atoms with Gasteiger partial charge in [0.05, 0.1) is 30.2 Å². The molecule has 34 heavy (non-hydrogen) atoms. The van der Waals surface area contributed by atoms with E-state index in [9.17, 15) is 18.0 Å². The summed E-state index contributed by atoms with van der Waals surface area (Å²) in [4.78, 5) is 28.1. The van der Waals surface area contributed by atoms with Crippen LogP contribution < -0.4 is 0 Å². The van der Waals surface area contributed by atoms with Gasteiger partial charge in [-0.2, -0.15) is 4.31 Å². The molecule has 2 aliphatic heterocycles. The molecule has 0 aromatic heterocycles. The maximum absolute atomic E-state index is 13.9. The summed E-state index contributed by atoms with van der Waals surface area (Å²) in [7, 11) is -3.86.